The number of likely N-dealkylation sites (N-methyl/N-ethyl adjacent to an activating group) is 1. The van der Waals surface area contributed by atoms with Crippen molar-refractivity contribution in [1.29, 1.82) is 0 Å². The summed E-state index contributed by atoms with van der Waals surface area (Å²) in [4.78, 5) is 41.9. The van der Waals surface area contributed by atoms with Gasteiger partial charge in [-0.25, -0.2) is 4.79 Å². The number of hydrogen-bond acceptors (Lipinski definition) is 5. The number of aromatic nitrogens is 1. The molecule has 0 bridgehead atoms. The molecule has 8 heteroatoms. The van der Waals surface area contributed by atoms with Crippen LogP contribution in [0.3, 0.4) is 0 Å². The molecule has 0 saturated carbocycles. The lowest BCUT2D eigenvalue weighted by Crippen LogP contribution is -2.40. The van der Waals surface area contributed by atoms with Crippen molar-refractivity contribution in [2.75, 3.05) is 40.8 Å². The van der Waals surface area contributed by atoms with Crippen LogP contribution in [0.2, 0.25) is 5.02 Å². The monoisotopic (exact) mass is 433 g/mol. The van der Waals surface area contributed by atoms with Crippen molar-refractivity contribution in [2.45, 2.75) is 13.8 Å². The van der Waals surface area contributed by atoms with E-state index in [1.165, 1.54) is 12.0 Å². The third-order valence-electron chi connectivity index (χ3n) is 5.13. The van der Waals surface area contributed by atoms with Crippen LogP contribution in [0.15, 0.2) is 24.3 Å². The normalized spacial score (nSPS) is 10.9. The Labute approximate surface area is 182 Å². The first-order chi connectivity index (χ1) is 14.1. The quantitative estimate of drug-likeness (QED) is 0.472. The first kappa shape index (κ1) is 23.6. The van der Waals surface area contributed by atoms with E-state index in [1.807, 2.05) is 19.0 Å². The maximum absolute atomic E-state index is 13.2. The molecule has 7 nitrogen and oxygen atoms in total. The Morgan fingerprint density at radius 1 is 1.10 bits per heavy atom. The largest absolute Gasteiger partial charge is 0.464 e. The molecule has 1 heterocycles. The Kier molecular flexibility index (Phi) is 7.81. The Balaban J connectivity index is 2.39. The number of esters is 1. The molecule has 0 spiro atoms. The fourth-order valence-corrected chi connectivity index (χ4v) is 3.62. The van der Waals surface area contributed by atoms with Gasteiger partial charge < -0.3 is 19.1 Å². The molecule has 0 saturated heterocycles. The van der Waals surface area contributed by atoms with Crippen LogP contribution in [0, 0.1) is 13.8 Å². The van der Waals surface area contributed by atoms with Gasteiger partial charge in [0.1, 0.15) is 5.69 Å². The average Bonchev–Trinajstić information content (AvgIpc) is 2.92. The third-order valence-corrected chi connectivity index (χ3v) is 5.46. The van der Waals surface area contributed by atoms with Crippen molar-refractivity contribution in [1.82, 2.24) is 14.4 Å². The molecule has 162 valence electrons. The fraction of sp³-hybridized carbons (Fsp3) is 0.409. The Morgan fingerprint density at radius 3 is 2.30 bits per heavy atom. The summed E-state index contributed by atoms with van der Waals surface area (Å²) < 4.78 is 6.49. The van der Waals surface area contributed by atoms with Gasteiger partial charge in [-0.3, -0.25) is 9.59 Å². The Hall–Kier alpha value is -2.64. The van der Waals surface area contributed by atoms with Gasteiger partial charge in [0.2, 0.25) is 0 Å². The molecule has 0 fully saturated rings. The van der Waals surface area contributed by atoms with Gasteiger partial charge in [0.25, 0.3) is 5.91 Å². The summed E-state index contributed by atoms with van der Waals surface area (Å²) in [7, 11) is 6.81. The number of hydrogen-bond donors (Lipinski definition) is 0. The topological polar surface area (TPSA) is 71.9 Å². The zero-order valence-electron chi connectivity index (χ0n) is 18.3. The summed E-state index contributed by atoms with van der Waals surface area (Å²) in [5.41, 5.74) is 2.30. The molecule has 1 amide bonds. The second kappa shape index (κ2) is 9.91. The molecule has 0 radical (unpaired) electrons. The number of Topliss-reactive ketones (excluding diaryl/α,β-unsaturated/α-hetero) is 1. The number of ether oxygens (including phenoxy) is 1. The number of halogens is 1. The highest BCUT2D eigenvalue weighted by Crippen LogP contribution is 2.23. The highest BCUT2D eigenvalue weighted by atomic mass is 35.5. The van der Waals surface area contributed by atoms with Gasteiger partial charge in [0.05, 0.1) is 24.2 Å². The first-order valence-corrected chi connectivity index (χ1v) is 9.93. The lowest BCUT2D eigenvalue weighted by molar-refractivity contribution is 0.0588. The lowest BCUT2D eigenvalue weighted by atomic mass is 10.0. The third kappa shape index (κ3) is 4.91. The van der Waals surface area contributed by atoms with Crippen molar-refractivity contribution < 1.29 is 19.1 Å². The van der Waals surface area contributed by atoms with Gasteiger partial charge in [-0.2, -0.15) is 0 Å². The number of rotatable bonds is 8. The van der Waals surface area contributed by atoms with Gasteiger partial charge in [0, 0.05) is 31.4 Å². The molecule has 30 heavy (non-hydrogen) atoms. The SMILES string of the molecule is COC(=O)c1c(C)c(C(=O)CN(CCN(C)C)C(=O)c2ccccc2Cl)c(C)n1C. The molecule has 0 atom stereocenters. The molecule has 2 aromatic rings. The molecular weight excluding hydrogens is 406 g/mol. The molecule has 0 unspecified atom stereocenters. The number of benzene rings is 1. The van der Waals surface area contributed by atoms with Crippen LogP contribution in [0.5, 0.6) is 0 Å². The van der Waals surface area contributed by atoms with Crippen LogP contribution in [0.1, 0.15) is 42.5 Å². The van der Waals surface area contributed by atoms with Crippen LogP contribution in [0.4, 0.5) is 0 Å². The van der Waals surface area contributed by atoms with E-state index in [0.29, 0.717) is 46.2 Å². The number of amides is 1. The Morgan fingerprint density at radius 2 is 1.73 bits per heavy atom. The maximum Gasteiger partial charge on any atom is 0.354 e. The molecule has 0 aliphatic carbocycles. The predicted octanol–water partition coefficient (Wildman–Crippen LogP) is 2.97. The van der Waals surface area contributed by atoms with Gasteiger partial charge in [0.15, 0.2) is 5.78 Å². The second-order valence-corrected chi connectivity index (χ2v) is 7.82. The molecule has 0 N–H and O–H groups in total. The molecule has 1 aromatic heterocycles. The minimum Gasteiger partial charge on any atom is -0.464 e. The van der Waals surface area contributed by atoms with Crippen LogP contribution in [-0.4, -0.2) is 72.9 Å². The van der Waals surface area contributed by atoms with E-state index in [0.717, 1.165) is 0 Å². The minimum absolute atomic E-state index is 0.121. The first-order valence-electron chi connectivity index (χ1n) is 9.56. The zero-order chi connectivity index (χ0) is 22.6. The van der Waals surface area contributed by atoms with E-state index in [4.69, 9.17) is 16.3 Å². The summed E-state index contributed by atoms with van der Waals surface area (Å²) >= 11 is 6.21. The minimum atomic E-state index is -0.506. The van der Waals surface area contributed by atoms with Gasteiger partial charge in [-0.1, -0.05) is 23.7 Å². The van der Waals surface area contributed by atoms with Crippen molar-refractivity contribution in [3.8, 4) is 0 Å². The molecule has 2 rings (SSSR count). The number of nitrogens with zero attached hydrogens (tertiary/aromatic N) is 3. The highest BCUT2D eigenvalue weighted by molar-refractivity contribution is 6.33. The van der Waals surface area contributed by atoms with E-state index in [-0.39, 0.29) is 18.2 Å². The van der Waals surface area contributed by atoms with Gasteiger partial charge in [-0.05, 0) is 45.6 Å². The highest BCUT2D eigenvalue weighted by Gasteiger charge is 2.28. The summed E-state index contributed by atoms with van der Waals surface area (Å²) in [5, 5.41) is 0.338. The molecule has 0 aliphatic heterocycles. The maximum atomic E-state index is 13.2. The average molecular weight is 434 g/mol. The van der Waals surface area contributed by atoms with Gasteiger partial charge in [-0.15, -0.1) is 0 Å². The van der Waals surface area contributed by atoms with Crippen LogP contribution in [-0.2, 0) is 11.8 Å². The van der Waals surface area contributed by atoms with Gasteiger partial charge >= 0.3 is 5.97 Å². The number of ketones is 1. The summed E-state index contributed by atoms with van der Waals surface area (Å²) in [6.45, 7) is 4.31. The van der Waals surface area contributed by atoms with E-state index < -0.39 is 5.97 Å². The number of carbonyl (C=O) groups is 3. The van der Waals surface area contributed by atoms with Crippen LogP contribution in [0.25, 0.3) is 0 Å². The predicted molar refractivity (Wildman–Crippen MR) is 116 cm³/mol. The second-order valence-electron chi connectivity index (χ2n) is 7.42. The smallest absolute Gasteiger partial charge is 0.354 e. The lowest BCUT2D eigenvalue weighted by Gasteiger charge is -2.24. The summed E-state index contributed by atoms with van der Waals surface area (Å²) in [6.07, 6.45) is 0. The standard InChI is InChI=1S/C22H28ClN3O4/c1-14-19(15(2)25(5)20(14)22(29)30-6)18(27)13-26(12-11-24(3)4)21(28)16-9-7-8-10-17(16)23/h7-10H,11-13H2,1-6H3. The van der Waals surface area contributed by atoms with E-state index in [1.54, 1.807) is 49.7 Å². The number of methoxy groups -OCH3 is 1. The van der Waals surface area contributed by atoms with Crippen LogP contribution >= 0.6 is 11.6 Å². The Bertz CT molecular complexity index is 966. The van der Waals surface area contributed by atoms with Crippen molar-refractivity contribution in [2.24, 2.45) is 7.05 Å². The van der Waals surface area contributed by atoms with Crippen molar-refractivity contribution in [3.63, 3.8) is 0 Å². The summed E-state index contributed by atoms with van der Waals surface area (Å²) in [6, 6.07) is 6.78. The molecule has 1 aromatic carbocycles. The van der Waals surface area contributed by atoms with Crippen LogP contribution < -0.4 is 0 Å². The van der Waals surface area contributed by atoms with E-state index in [2.05, 4.69) is 0 Å². The van der Waals surface area contributed by atoms with E-state index >= 15 is 0 Å². The zero-order valence-corrected chi connectivity index (χ0v) is 19.0. The number of carbonyl (C=O) groups excluding carboxylic acids is 3. The van der Waals surface area contributed by atoms with E-state index in [9.17, 15) is 14.4 Å². The molecule has 0 aliphatic rings. The van der Waals surface area contributed by atoms with Crippen molar-refractivity contribution in [3.05, 3.63) is 57.4 Å². The summed E-state index contributed by atoms with van der Waals surface area (Å²) in [5.74, 6) is -1.06. The van der Waals surface area contributed by atoms with Crippen molar-refractivity contribution >= 4 is 29.3 Å². The molecular formula is C22H28ClN3O4. The fourth-order valence-electron chi connectivity index (χ4n) is 3.40.